The molecule has 0 amide bonds. The molecule has 4 nitrogen and oxygen atoms in total. The standard InChI is InChI=1S/C15H13BrO4/c1-18-13-5-3-2-4-11(13)10-19-15(17)9-7-12-6-8-14(16)20-12/h2-9H,10H2,1H3/b9-7+. The van der Waals surface area contributed by atoms with Gasteiger partial charge >= 0.3 is 5.97 Å². The van der Waals surface area contributed by atoms with Crippen LogP contribution in [0.3, 0.4) is 0 Å². The summed E-state index contributed by atoms with van der Waals surface area (Å²) in [6.07, 6.45) is 2.87. The third-order valence-electron chi connectivity index (χ3n) is 2.54. The lowest BCUT2D eigenvalue weighted by molar-refractivity contribution is -0.138. The summed E-state index contributed by atoms with van der Waals surface area (Å²) in [5.41, 5.74) is 0.817. The lowest BCUT2D eigenvalue weighted by atomic mass is 10.2. The SMILES string of the molecule is COc1ccccc1COC(=O)/C=C/c1ccc(Br)o1. The first-order valence-corrected chi connectivity index (χ1v) is 6.70. The van der Waals surface area contributed by atoms with E-state index in [0.29, 0.717) is 16.2 Å². The van der Waals surface area contributed by atoms with E-state index in [1.165, 1.54) is 6.08 Å². The molecular weight excluding hydrogens is 324 g/mol. The zero-order valence-electron chi connectivity index (χ0n) is 10.8. The van der Waals surface area contributed by atoms with Crippen molar-refractivity contribution in [2.75, 3.05) is 7.11 Å². The highest BCUT2D eigenvalue weighted by Crippen LogP contribution is 2.18. The van der Waals surface area contributed by atoms with Crippen molar-refractivity contribution in [3.63, 3.8) is 0 Å². The molecule has 0 radical (unpaired) electrons. The highest BCUT2D eigenvalue weighted by atomic mass is 79.9. The van der Waals surface area contributed by atoms with Crippen molar-refractivity contribution >= 4 is 28.0 Å². The van der Waals surface area contributed by atoms with Crippen LogP contribution in [0.25, 0.3) is 6.08 Å². The van der Waals surface area contributed by atoms with E-state index >= 15 is 0 Å². The Hall–Kier alpha value is -2.01. The number of carbonyl (C=O) groups excluding carboxylic acids is 1. The van der Waals surface area contributed by atoms with Gasteiger partial charge in [-0.15, -0.1) is 0 Å². The fourth-order valence-electron chi connectivity index (χ4n) is 1.59. The van der Waals surface area contributed by atoms with Gasteiger partial charge in [0.2, 0.25) is 0 Å². The Morgan fingerprint density at radius 1 is 1.30 bits per heavy atom. The second kappa shape index (κ2) is 6.96. The van der Waals surface area contributed by atoms with E-state index in [1.807, 2.05) is 24.3 Å². The van der Waals surface area contributed by atoms with E-state index in [9.17, 15) is 4.79 Å². The molecular formula is C15H13BrO4. The molecule has 0 aliphatic carbocycles. The number of hydrogen-bond donors (Lipinski definition) is 0. The topological polar surface area (TPSA) is 48.7 Å². The monoisotopic (exact) mass is 336 g/mol. The highest BCUT2D eigenvalue weighted by molar-refractivity contribution is 9.10. The molecule has 0 spiro atoms. The van der Waals surface area contributed by atoms with Crippen LogP contribution in [0, 0.1) is 0 Å². The highest BCUT2D eigenvalue weighted by Gasteiger charge is 2.04. The largest absolute Gasteiger partial charge is 0.496 e. The molecule has 1 aromatic heterocycles. The summed E-state index contributed by atoms with van der Waals surface area (Å²) >= 11 is 3.19. The second-order valence-corrected chi connectivity index (χ2v) is 4.68. The molecule has 20 heavy (non-hydrogen) atoms. The molecule has 0 fully saturated rings. The molecule has 0 bridgehead atoms. The molecule has 104 valence electrons. The summed E-state index contributed by atoms with van der Waals surface area (Å²) < 4.78 is 16.2. The number of esters is 1. The second-order valence-electron chi connectivity index (χ2n) is 3.89. The van der Waals surface area contributed by atoms with Crippen molar-refractivity contribution in [2.45, 2.75) is 6.61 Å². The number of halogens is 1. The van der Waals surface area contributed by atoms with Crippen LogP contribution in [0.2, 0.25) is 0 Å². The van der Waals surface area contributed by atoms with Gasteiger partial charge in [0.1, 0.15) is 18.1 Å². The van der Waals surface area contributed by atoms with Crippen molar-refractivity contribution in [3.05, 3.63) is 58.5 Å². The molecule has 0 aliphatic heterocycles. The van der Waals surface area contributed by atoms with Gasteiger partial charge in [0, 0.05) is 11.6 Å². The third kappa shape index (κ3) is 3.99. The molecule has 2 rings (SSSR count). The van der Waals surface area contributed by atoms with Crippen molar-refractivity contribution < 1.29 is 18.7 Å². The molecule has 1 heterocycles. The van der Waals surface area contributed by atoms with E-state index in [2.05, 4.69) is 15.9 Å². The van der Waals surface area contributed by atoms with Crippen LogP contribution in [0.1, 0.15) is 11.3 Å². The van der Waals surface area contributed by atoms with Crippen molar-refractivity contribution in [2.24, 2.45) is 0 Å². The molecule has 0 aliphatic rings. The van der Waals surface area contributed by atoms with Gasteiger partial charge < -0.3 is 13.9 Å². The number of para-hydroxylation sites is 1. The van der Waals surface area contributed by atoms with Gasteiger partial charge in [-0.25, -0.2) is 4.79 Å². The van der Waals surface area contributed by atoms with E-state index in [1.54, 1.807) is 25.3 Å². The Morgan fingerprint density at radius 2 is 2.10 bits per heavy atom. The number of furan rings is 1. The molecule has 2 aromatic rings. The van der Waals surface area contributed by atoms with Gasteiger partial charge in [-0.1, -0.05) is 18.2 Å². The lowest BCUT2D eigenvalue weighted by Crippen LogP contribution is -2.02. The van der Waals surface area contributed by atoms with Crippen LogP contribution < -0.4 is 4.74 Å². The Morgan fingerprint density at radius 3 is 2.80 bits per heavy atom. The first kappa shape index (κ1) is 14.4. The summed E-state index contributed by atoms with van der Waals surface area (Å²) in [7, 11) is 1.58. The fraction of sp³-hybridized carbons (Fsp3) is 0.133. The number of ether oxygens (including phenoxy) is 2. The summed E-state index contributed by atoms with van der Waals surface area (Å²) in [4.78, 5) is 11.6. The summed E-state index contributed by atoms with van der Waals surface area (Å²) in [6, 6.07) is 10.9. The van der Waals surface area contributed by atoms with Crippen molar-refractivity contribution in [1.29, 1.82) is 0 Å². The molecule has 0 saturated carbocycles. The molecule has 0 N–H and O–H groups in total. The Labute approximate surface area is 125 Å². The lowest BCUT2D eigenvalue weighted by Gasteiger charge is -2.07. The smallest absolute Gasteiger partial charge is 0.331 e. The van der Waals surface area contributed by atoms with Crippen molar-refractivity contribution in [3.8, 4) is 5.75 Å². The molecule has 0 atom stereocenters. The molecule has 0 saturated heterocycles. The minimum Gasteiger partial charge on any atom is -0.496 e. The predicted octanol–water partition coefficient (Wildman–Crippen LogP) is 3.81. The summed E-state index contributed by atoms with van der Waals surface area (Å²) in [6.45, 7) is 0.162. The average Bonchev–Trinajstić information content (AvgIpc) is 2.89. The quantitative estimate of drug-likeness (QED) is 0.615. The minimum absolute atomic E-state index is 0.162. The molecule has 1 aromatic carbocycles. The predicted molar refractivity (Wildman–Crippen MR) is 78.2 cm³/mol. The number of rotatable bonds is 5. The maximum Gasteiger partial charge on any atom is 0.331 e. The zero-order chi connectivity index (χ0) is 14.4. The Kier molecular flexibility index (Phi) is 5.01. The maximum absolute atomic E-state index is 11.6. The van der Waals surface area contributed by atoms with Crippen LogP contribution in [-0.2, 0) is 16.1 Å². The van der Waals surface area contributed by atoms with E-state index in [-0.39, 0.29) is 6.61 Å². The first-order valence-electron chi connectivity index (χ1n) is 5.91. The number of hydrogen-bond acceptors (Lipinski definition) is 4. The van der Waals surface area contributed by atoms with Crippen LogP contribution in [-0.4, -0.2) is 13.1 Å². The average molecular weight is 337 g/mol. The maximum atomic E-state index is 11.6. The van der Waals surface area contributed by atoms with E-state index < -0.39 is 5.97 Å². The van der Waals surface area contributed by atoms with Crippen LogP contribution in [0.5, 0.6) is 5.75 Å². The van der Waals surface area contributed by atoms with Crippen LogP contribution >= 0.6 is 15.9 Å². The number of carbonyl (C=O) groups is 1. The van der Waals surface area contributed by atoms with Gasteiger partial charge in [0.15, 0.2) is 4.67 Å². The van der Waals surface area contributed by atoms with Gasteiger partial charge in [-0.3, -0.25) is 0 Å². The zero-order valence-corrected chi connectivity index (χ0v) is 12.4. The normalized spacial score (nSPS) is 10.7. The first-order chi connectivity index (χ1) is 9.69. The molecule has 0 unspecified atom stereocenters. The molecule has 5 heteroatoms. The van der Waals surface area contributed by atoms with E-state index in [4.69, 9.17) is 13.9 Å². The van der Waals surface area contributed by atoms with E-state index in [0.717, 1.165) is 5.56 Å². The van der Waals surface area contributed by atoms with Gasteiger partial charge in [-0.05, 0) is 40.2 Å². The number of methoxy groups -OCH3 is 1. The minimum atomic E-state index is -0.441. The summed E-state index contributed by atoms with van der Waals surface area (Å²) in [5, 5.41) is 0. The van der Waals surface area contributed by atoms with Crippen LogP contribution in [0.15, 0.2) is 51.6 Å². The third-order valence-corrected chi connectivity index (χ3v) is 2.97. The van der Waals surface area contributed by atoms with Gasteiger partial charge in [0.05, 0.1) is 7.11 Å². The Balaban J connectivity index is 1.90. The van der Waals surface area contributed by atoms with Gasteiger partial charge in [-0.2, -0.15) is 0 Å². The Bertz CT molecular complexity index is 616. The summed E-state index contributed by atoms with van der Waals surface area (Å²) in [5.74, 6) is 0.828. The van der Waals surface area contributed by atoms with Crippen LogP contribution in [0.4, 0.5) is 0 Å². The van der Waals surface area contributed by atoms with Gasteiger partial charge in [0.25, 0.3) is 0 Å². The number of benzene rings is 1. The van der Waals surface area contributed by atoms with Crippen molar-refractivity contribution in [1.82, 2.24) is 0 Å². The fourth-order valence-corrected chi connectivity index (χ4v) is 1.91.